The molecule has 2 atom stereocenters. The van der Waals surface area contributed by atoms with Gasteiger partial charge in [0.05, 0.1) is 6.10 Å². The summed E-state index contributed by atoms with van der Waals surface area (Å²) in [5.41, 5.74) is 0.712. The van der Waals surface area contributed by atoms with Gasteiger partial charge in [-0.2, -0.15) is 0 Å². The van der Waals surface area contributed by atoms with Crippen molar-refractivity contribution in [1.82, 2.24) is 5.32 Å². The molecule has 0 spiro atoms. The van der Waals surface area contributed by atoms with Gasteiger partial charge in [0.25, 0.3) is 0 Å². The van der Waals surface area contributed by atoms with Crippen molar-refractivity contribution in [2.45, 2.75) is 38.3 Å². The SMILES string of the molecule is OC1CCCC(CNCc2ccccc2F)C1. The fourth-order valence-corrected chi connectivity index (χ4v) is 2.50. The van der Waals surface area contributed by atoms with E-state index in [1.807, 2.05) is 6.07 Å². The molecule has 2 unspecified atom stereocenters. The number of hydrogen-bond donors (Lipinski definition) is 2. The highest BCUT2D eigenvalue weighted by atomic mass is 19.1. The van der Waals surface area contributed by atoms with E-state index in [4.69, 9.17) is 0 Å². The van der Waals surface area contributed by atoms with E-state index in [0.717, 1.165) is 25.8 Å². The van der Waals surface area contributed by atoms with E-state index in [0.29, 0.717) is 18.0 Å². The third-order valence-corrected chi connectivity index (χ3v) is 3.46. The number of aliphatic hydroxyl groups excluding tert-OH is 1. The van der Waals surface area contributed by atoms with Crippen LogP contribution >= 0.6 is 0 Å². The second-order valence-corrected chi connectivity index (χ2v) is 4.91. The first-order chi connectivity index (χ1) is 8.25. The highest BCUT2D eigenvalue weighted by molar-refractivity contribution is 5.16. The van der Waals surface area contributed by atoms with Gasteiger partial charge in [-0.25, -0.2) is 4.39 Å². The Morgan fingerprint density at radius 1 is 1.29 bits per heavy atom. The molecule has 1 fully saturated rings. The zero-order valence-corrected chi connectivity index (χ0v) is 10.0. The fraction of sp³-hybridized carbons (Fsp3) is 0.571. The average molecular weight is 237 g/mol. The number of benzene rings is 1. The lowest BCUT2D eigenvalue weighted by Gasteiger charge is -2.26. The van der Waals surface area contributed by atoms with Crippen LogP contribution in [0.4, 0.5) is 4.39 Å². The zero-order chi connectivity index (χ0) is 12.1. The first-order valence-electron chi connectivity index (χ1n) is 6.38. The molecule has 0 aliphatic heterocycles. The van der Waals surface area contributed by atoms with Crippen LogP contribution in [-0.2, 0) is 6.54 Å². The smallest absolute Gasteiger partial charge is 0.127 e. The van der Waals surface area contributed by atoms with Crippen LogP contribution in [-0.4, -0.2) is 17.8 Å². The highest BCUT2D eigenvalue weighted by Gasteiger charge is 2.19. The number of aliphatic hydroxyl groups is 1. The highest BCUT2D eigenvalue weighted by Crippen LogP contribution is 2.23. The zero-order valence-electron chi connectivity index (χ0n) is 10.0. The first kappa shape index (κ1) is 12.5. The largest absolute Gasteiger partial charge is 0.393 e. The summed E-state index contributed by atoms with van der Waals surface area (Å²) in [5, 5.41) is 12.8. The van der Waals surface area contributed by atoms with E-state index in [-0.39, 0.29) is 11.9 Å². The van der Waals surface area contributed by atoms with Gasteiger partial charge in [0.2, 0.25) is 0 Å². The molecule has 3 heteroatoms. The Labute approximate surface area is 102 Å². The summed E-state index contributed by atoms with van der Waals surface area (Å²) in [6, 6.07) is 6.85. The van der Waals surface area contributed by atoms with Gasteiger partial charge >= 0.3 is 0 Å². The van der Waals surface area contributed by atoms with Gasteiger partial charge in [0.15, 0.2) is 0 Å². The Morgan fingerprint density at radius 2 is 2.12 bits per heavy atom. The molecule has 0 amide bonds. The molecule has 0 bridgehead atoms. The number of rotatable bonds is 4. The van der Waals surface area contributed by atoms with E-state index in [1.165, 1.54) is 12.5 Å². The Balaban J connectivity index is 1.74. The normalized spacial score (nSPS) is 24.8. The summed E-state index contributed by atoms with van der Waals surface area (Å²) in [7, 11) is 0. The van der Waals surface area contributed by atoms with Gasteiger partial charge in [-0.05, 0) is 37.8 Å². The van der Waals surface area contributed by atoms with Crippen LogP contribution in [0.1, 0.15) is 31.2 Å². The van der Waals surface area contributed by atoms with Crippen molar-refractivity contribution in [1.29, 1.82) is 0 Å². The Bertz CT molecular complexity index is 356. The van der Waals surface area contributed by atoms with Crippen LogP contribution in [0.5, 0.6) is 0 Å². The lowest BCUT2D eigenvalue weighted by molar-refractivity contribution is 0.101. The van der Waals surface area contributed by atoms with Gasteiger partial charge in [-0.15, -0.1) is 0 Å². The summed E-state index contributed by atoms with van der Waals surface area (Å²) in [4.78, 5) is 0. The number of hydrogen-bond acceptors (Lipinski definition) is 2. The third-order valence-electron chi connectivity index (χ3n) is 3.46. The Kier molecular flexibility index (Phi) is 4.51. The molecule has 94 valence electrons. The summed E-state index contributed by atoms with van der Waals surface area (Å²) in [6.45, 7) is 1.44. The molecule has 0 heterocycles. The Morgan fingerprint density at radius 3 is 2.88 bits per heavy atom. The van der Waals surface area contributed by atoms with Gasteiger partial charge < -0.3 is 10.4 Å². The number of nitrogens with one attached hydrogen (secondary N) is 1. The molecular formula is C14H20FNO. The summed E-state index contributed by atoms with van der Waals surface area (Å²) in [6.07, 6.45) is 3.95. The van der Waals surface area contributed by atoms with E-state index in [2.05, 4.69) is 5.32 Å². The van der Waals surface area contributed by atoms with Crippen molar-refractivity contribution in [3.63, 3.8) is 0 Å². The molecular weight excluding hydrogens is 217 g/mol. The van der Waals surface area contributed by atoms with Gasteiger partial charge in [-0.1, -0.05) is 24.6 Å². The van der Waals surface area contributed by atoms with Gasteiger partial charge in [0, 0.05) is 12.1 Å². The molecule has 0 aromatic heterocycles. The van der Waals surface area contributed by atoms with Crippen molar-refractivity contribution >= 4 is 0 Å². The second kappa shape index (κ2) is 6.12. The molecule has 1 aliphatic rings. The first-order valence-corrected chi connectivity index (χ1v) is 6.38. The van der Waals surface area contributed by atoms with E-state index in [9.17, 15) is 9.50 Å². The molecule has 2 N–H and O–H groups in total. The number of halogens is 1. The summed E-state index contributed by atoms with van der Waals surface area (Å²) >= 11 is 0. The minimum Gasteiger partial charge on any atom is -0.393 e. The van der Waals surface area contributed by atoms with Crippen molar-refractivity contribution in [3.8, 4) is 0 Å². The molecule has 2 nitrogen and oxygen atoms in total. The predicted octanol–water partition coefficient (Wildman–Crippen LogP) is 2.47. The van der Waals surface area contributed by atoms with Crippen LogP contribution in [0.2, 0.25) is 0 Å². The maximum atomic E-state index is 13.3. The van der Waals surface area contributed by atoms with Crippen LogP contribution in [0, 0.1) is 11.7 Å². The fourth-order valence-electron chi connectivity index (χ4n) is 2.50. The predicted molar refractivity (Wildman–Crippen MR) is 66.1 cm³/mol. The van der Waals surface area contributed by atoms with Crippen LogP contribution in [0.3, 0.4) is 0 Å². The topological polar surface area (TPSA) is 32.3 Å². The standard InChI is InChI=1S/C14H20FNO/c15-14-7-2-1-5-12(14)10-16-9-11-4-3-6-13(17)8-11/h1-2,5,7,11,13,16-17H,3-4,6,8-10H2. The van der Waals surface area contributed by atoms with E-state index in [1.54, 1.807) is 12.1 Å². The van der Waals surface area contributed by atoms with Gasteiger partial charge in [-0.3, -0.25) is 0 Å². The third kappa shape index (κ3) is 3.79. The monoisotopic (exact) mass is 237 g/mol. The maximum absolute atomic E-state index is 13.3. The molecule has 2 rings (SSSR count). The summed E-state index contributed by atoms with van der Waals surface area (Å²) < 4.78 is 13.3. The van der Waals surface area contributed by atoms with Crippen molar-refractivity contribution < 1.29 is 9.50 Å². The average Bonchev–Trinajstić information content (AvgIpc) is 2.32. The van der Waals surface area contributed by atoms with Crippen LogP contribution in [0.25, 0.3) is 0 Å². The van der Waals surface area contributed by atoms with Crippen molar-refractivity contribution in [2.75, 3.05) is 6.54 Å². The molecule has 0 radical (unpaired) electrons. The quantitative estimate of drug-likeness (QED) is 0.843. The van der Waals surface area contributed by atoms with Crippen molar-refractivity contribution in [2.24, 2.45) is 5.92 Å². The van der Waals surface area contributed by atoms with E-state index < -0.39 is 0 Å². The molecule has 1 aliphatic carbocycles. The molecule has 1 aromatic rings. The minimum atomic E-state index is -0.149. The molecule has 1 aromatic carbocycles. The summed E-state index contributed by atoms with van der Waals surface area (Å²) in [5.74, 6) is 0.384. The van der Waals surface area contributed by atoms with Crippen LogP contribution in [0.15, 0.2) is 24.3 Å². The second-order valence-electron chi connectivity index (χ2n) is 4.91. The lowest BCUT2D eigenvalue weighted by atomic mass is 9.87. The minimum absolute atomic E-state index is 0.135. The van der Waals surface area contributed by atoms with Crippen LogP contribution < -0.4 is 5.32 Å². The Hall–Kier alpha value is -0.930. The molecule has 17 heavy (non-hydrogen) atoms. The van der Waals surface area contributed by atoms with E-state index >= 15 is 0 Å². The molecule has 0 saturated heterocycles. The van der Waals surface area contributed by atoms with Gasteiger partial charge in [0.1, 0.15) is 5.82 Å². The maximum Gasteiger partial charge on any atom is 0.127 e. The molecule has 1 saturated carbocycles. The van der Waals surface area contributed by atoms with Crippen molar-refractivity contribution in [3.05, 3.63) is 35.6 Å². The lowest BCUT2D eigenvalue weighted by Crippen LogP contribution is -2.29.